The summed E-state index contributed by atoms with van der Waals surface area (Å²) in [6, 6.07) is 0. The van der Waals surface area contributed by atoms with E-state index in [1.54, 1.807) is 0 Å². The third-order valence-corrected chi connectivity index (χ3v) is 3.65. The summed E-state index contributed by atoms with van der Waals surface area (Å²) in [6.45, 7) is 20.9. The van der Waals surface area contributed by atoms with Crippen molar-refractivity contribution in [1.82, 2.24) is 0 Å². The molecule has 1 fully saturated rings. The van der Waals surface area contributed by atoms with Gasteiger partial charge in [0.15, 0.2) is 0 Å². The van der Waals surface area contributed by atoms with Crippen molar-refractivity contribution in [2.75, 3.05) is 0 Å². The van der Waals surface area contributed by atoms with E-state index in [0.29, 0.717) is 5.92 Å². The first-order chi connectivity index (χ1) is 9.79. The van der Waals surface area contributed by atoms with Crippen LogP contribution in [-0.4, -0.2) is 5.92 Å². The minimum Gasteiger partial charge on any atom is -0.202 e. The Morgan fingerprint density at radius 2 is 1.57 bits per heavy atom. The van der Waals surface area contributed by atoms with Crippen LogP contribution in [-0.2, 0) is 0 Å². The summed E-state index contributed by atoms with van der Waals surface area (Å²) in [5.41, 5.74) is 0.598. The van der Waals surface area contributed by atoms with Gasteiger partial charge in [-0.2, -0.15) is 0 Å². The zero-order chi connectivity index (χ0) is 17.7. The highest BCUT2D eigenvalue weighted by Crippen LogP contribution is 2.46. The molecule has 0 bridgehead atoms. The number of halogens is 2. The number of hydrogen-bond acceptors (Lipinski definition) is 0. The van der Waals surface area contributed by atoms with Crippen LogP contribution in [0.15, 0.2) is 24.3 Å². The van der Waals surface area contributed by atoms with Gasteiger partial charge in [-0.25, -0.2) is 8.78 Å². The van der Waals surface area contributed by atoms with E-state index >= 15 is 0 Å². The Kier molecular flexibility index (Phi) is 15.7. The monoisotopic (exact) mass is 304 g/mol. The highest BCUT2D eigenvalue weighted by Gasteiger charge is 2.36. The van der Waals surface area contributed by atoms with Crippen molar-refractivity contribution in [3.8, 4) is 0 Å². The van der Waals surface area contributed by atoms with Crippen LogP contribution in [0.25, 0.3) is 0 Å². The lowest BCUT2D eigenvalue weighted by Gasteiger charge is -2.40. The van der Waals surface area contributed by atoms with Crippen LogP contribution in [0.3, 0.4) is 0 Å². The molecule has 1 unspecified atom stereocenters. The average molecular weight is 305 g/mol. The van der Waals surface area contributed by atoms with Gasteiger partial charge in [0.1, 0.15) is 0 Å². The molecular weight excluding hydrogens is 266 g/mol. The largest absolute Gasteiger partial charge is 0.264 e. The standard InChI is InChI=1S/C13H20F2.3C2H6/c1-5-12(3)10(2)7-6-8-11(12)9-13(4,14)15;3*1-2/h5,9-10H,1,6-8H2,2-4H3;3*1-2H3/b11-9-;;;/t10?,12-;;;/m1.../s1. The summed E-state index contributed by atoms with van der Waals surface area (Å²) >= 11 is 0. The Bertz CT molecular complexity index is 274. The summed E-state index contributed by atoms with van der Waals surface area (Å²) in [6.07, 6.45) is 5.83. The van der Waals surface area contributed by atoms with Gasteiger partial charge < -0.3 is 0 Å². The van der Waals surface area contributed by atoms with E-state index in [2.05, 4.69) is 13.5 Å². The summed E-state index contributed by atoms with van der Waals surface area (Å²) in [5, 5.41) is 0. The molecular formula is C19H38F2. The van der Waals surface area contributed by atoms with Crippen LogP contribution in [0.5, 0.6) is 0 Å². The van der Waals surface area contributed by atoms with Gasteiger partial charge in [0.2, 0.25) is 0 Å². The van der Waals surface area contributed by atoms with Crippen molar-refractivity contribution in [2.24, 2.45) is 11.3 Å². The maximum absolute atomic E-state index is 13.0. The first-order valence-corrected chi connectivity index (χ1v) is 8.53. The molecule has 1 saturated carbocycles. The molecule has 0 heterocycles. The van der Waals surface area contributed by atoms with Crippen LogP contribution >= 0.6 is 0 Å². The van der Waals surface area contributed by atoms with E-state index in [1.807, 2.05) is 54.5 Å². The zero-order valence-electron chi connectivity index (χ0n) is 15.8. The first-order valence-electron chi connectivity index (χ1n) is 8.53. The van der Waals surface area contributed by atoms with Crippen molar-refractivity contribution in [1.29, 1.82) is 0 Å². The van der Waals surface area contributed by atoms with Gasteiger partial charge in [0.05, 0.1) is 0 Å². The van der Waals surface area contributed by atoms with Crippen molar-refractivity contribution in [3.05, 3.63) is 24.3 Å². The van der Waals surface area contributed by atoms with Gasteiger partial charge in [-0.15, -0.1) is 6.58 Å². The predicted octanol–water partition coefficient (Wildman–Crippen LogP) is 7.66. The van der Waals surface area contributed by atoms with E-state index in [-0.39, 0.29) is 5.41 Å². The maximum atomic E-state index is 13.0. The average Bonchev–Trinajstić information content (AvgIpc) is 2.49. The molecule has 0 aromatic carbocycles. The van der Waals surface area contributed by atoms with E-state index in [0.717, 1.165) is 37.8 Å². The summed E-state index contributed by atoms with van der Waals surface area (Å²) in [4.78, 5) is 0. The molecule has 1 aliphatic carbocycles. The van der Waals surface area contributed by atoms with Crippen LogP contribution in [0.1, 0.15) is 81.6 Å². The molecule has 0 aromatic rings. The number of rotatable bonds is 2. The maximum Gasteiger partial charge on any atom is 0.264 e. The van der Waals surface area contributed by atoms with E-state index < -0.39 is 5.92 Å². The lowest BCUT2D eigenvalue weighted by atomic mass is 9.65. The molecule has 0 aliphatic heterocycles. The normalized spacial score (nSPS) is 26.2. The fourth-order valence-corrected chi connectivity index (χ4v) is 2.35. The minimum absolute atomic E-state index is 0.252. The molecule has 2 atom stereocenters. The van der Waals surface area contributed by atoms with E-state index in [1.165, 1.54) is 0 Å². The molecule has 0 spiro atoms. The molecule has 0 nitrogen and oxygen atoms in total. The smallest absolute Gasteiger partial charge is 0.202 e. The molecule has 1 rings (SSSR count). The van der Waals surface area contributed by atoms with Crippen LogP contribution < -0.4 is 0 Å². The summed E-state index contributed by atoms with van der Waals surface area (Å²) in [7, 11) is 0. The Balaban J connectivity index is -0.000000478. The molecule has 0 radical (unpaired) electrons. The molecule has 0 N–H and O–H groups in total. The van der Waals surface area contributed by atoms with Gasteiger partial charge in [0.25, 0.3) is 5.92 Å². The summed E-state index contributed by atoms with van der Waals surface area (Å²) < 4.78 is 26.0. The third-order valence-electron chi connectivity index (χ3n) is 3.65. The molecule has 21 heavy (non-hydrogen) atoms. The SMILES string of the molecule is C=C[C@@]1(C)/C(=C\C(C)(F)F)CCCC1C.CC.CC.CC. The second-order valence-corrected chi connectivity index (χ2v) is 4.91. The first kappa shape index (κ1) is 25.3. The Labute approximate surface area is 132 Å². The van der Waals surface area contributed by atoms with Gasteiger partial charge in [-0.3, -0.25) is 0 Å². The Hall–Kier alpha value is -0.660. The Morgan fingerprint density at radius 3 is 1.90 bits per heavy atom. The second-order valence-electron chi connectivity index (χ2n) is 4.91. The minimum atomic E-state index is -2.71. The molecule has 0 saturated heterocycles. The third kappa shape index (κ3) is 9.06. The number of allylic oxidation sites excluding steroid dienone is 3. The highest BCUT2D eigenvalue weighted by molar-refractivity contribution is 5.25. The lowest BCUT2D eigenvalue weighted by molar-refractivity contribution is 0.0733. The van der Waals surface area contributed by atoms with Crippen molar-refractivity contribution >= 4 is 0 Å². The lowest BCUT2D eigenvalue weighted by Crippen LogP contribution is -2.30. The van der Waals surface area contributed by atoms with E-state index in [9.17, 15) is 8.78 Å². The number of alkyl halides is 2. The van der Waals surface area contributed by atoms with Crippen molar-refractivity contribution < 1.29 is 8.78 Å². The van der Waals surface area contributed by atoms with Gasteiger partial charge in [-0.1, -0.05) is 67.0 Å². The highest BCUT2D eigenvalue weighted by atomic mass is 19.3. The van der Waals surface area contributed by atoms with Gasteiger partial charge in [0, 0.05) is 12.3 Å². The fourth-order valence-electron chi connectivity index (χ4n) is 2.35. The second kappa shape index (κ2) is 13.0. The Morgan fingerprint density at radius 1 is 1.14 bits per heavy atom. The van der Waals surface area contributed by atoms with Crippen molar-refractivity contribution in [2.45, 2.75) is 87.5 Å². The predicted molar refractivity (Wildman–Crippen MR) is 94.1 cm³/mol. The van der Waals surface area contributed by atoms with Crippen LogP contribution in [0, 0.1) is 11.3 Å². The zero-order valence-corrected chi connectivity index (χ0v) is 15.8. The summed E-state index contributed by atoms with van der Waals surface area (Å²) in [5.74, 6) is -2.31. The van der Waals surface area contributed by atoms with Gasteiger partial charge >= 0.3 is 0 Å². The topological polar surface area (TPSA) is 0 Å². The molecule has 0 aromatic heterocycles. The molecule has 0 amide bonds. The molecule has 1 aliphatic rings. The van der Waals surface area contributed by atoms with Crippen LogP contribution in [0.2, 0.25) is 0 Å². The van der Waals surface area contributed by atoms with Crippen molar-refractivity contribution in [3.63, 3.8) is 0 Å². The van der Waals surface area contributed by atoms with E-state index in [4.69, 9.17) is 0 Å². The number of hydrogen-bond donors (Lipinski definition) is 0. The van der Waals surface area contributed by atoms with Crippen LogP contribution in [0.4, 0.5) is 8.78 Å². The van der Waals surface area contributed by atoms with Gasteiger partial charge in [-0.05, 0) is 31.3 Å². The quantitative estimate of drug-likeness (QED) is 0.459. The molecule has 2 heteroatoms. The molecule has 128 valence electrons. The fraction of sp³-hybridized carbons (Fsp3) is 0.789.